The second-order valence-electron chi connectivity index (χ2n) is 7.04. The number of hydrogen-bond donors (Lipinski definition) is 1. The number of hydrogen-bond acceptors (Lipinski definition) is 5. The molecule has 1 N–H and O–H groups in total. The van der Waals surface area contributed by atoms with E-state index in [0.717, 1.165) is 44.1 Å². The quantitative estimate of drug-likeness (QED) is 0.298. The van der Waals surface area contributed by atoms with Gasteiger partial charge in [-0.2, -0.15) is 0 Å². The first-order chi connectivity index (χ1) is 13.5. The molecule has 0 bridgehead atoms. The van der Waals surface area contributed by atoms with Gasteiger partial charge in [0.25, 0.3) is 5.69 Å². The van der Waals surface area contributed by atoms with Crippen molar-refractivity contribution in [2.45, 2.75) is 57.9 Å². The zero-order valence-corrected chi connectivity index (χ0v) is 16.4. The number of carbonyl (C=O) groups is 1. The number of aromatic nitrogens is 2. The number of nitro benzene ring substituents is 1. The van der Waals surface area contributed by atoms with Crippen LogP contribution in [0.3, 0.4) is 0 Å². The minimum Gasteiger partial charge on any atom is -0.481 e. The molecule has 2 aromatic rings. The summed E-state index contributed by atoms with van der Waals surface area (Å²) in [5, 5.41) is 20.0. The molecule has 0 saturated heterocycles. The molecule has 1 aromatic carbocycles. The van der Waals surface area contributed by atoms with Crippen LogP contribution in [-0.2, 0) is 24.2 Å². The van der Waals surface area contributed by atoms with Crippen molar-refractivity contribution in [2.75, 3.05) is 0 Å². The van der Waals surface area contributed by atoms with E-state index in [4.69, 9.17) is 17.3 Å². The standard InChI is InChI=1S/C20H23N3O4S/c24-18(25)11-2-1-5-12-22-17-10-4-3-9-16(17)20(28)21-19(22)14-7-6-8-15(13-14)23(26)27/h6-8,13H,1-5,9-12H2,(H,24,25). The summed E-state index contributed by atoms with van der Waals surface area (Å²) in [6, 6.07) is 6.48. The van der Waals surface area contributed by atoms with E-state index in [-0.39, 0.29) is 12.1 Å². The van der Waals surface area contributed by atoms with Gasteiger partial charge in [0.2, 0.25) is 0 Å². The van der Waals surface area contributed by atoms with Crippen LogP contribution in [-0.4, -0.2) is 25.6 Å². The molecule has 8 heteroatoms. The highest BCUT2D eigenvalue weighted by molar-refractivity contribution is 7.71. The summed E-state index contributed by atoms with van der Waals surface area (Å²) >= 11 is 5.53. The number of nitrogens with zero attached hydrogens (tertiary/aromatic N) is 3. The molecule has 148 valence electrons. The predicted molar refractivity (Wildman–Crippen MR) is 108 cm³/mol. The Morgan fingerprint density at radius 2 is 2.04 bits per heavy atom. The first-order valence-corrected chi connectivity index (χ1v) is 9.97. The molecule has 3 rings (SSSR count). The maximum Gasteiger partial charge on any atom is 0.303 e. The van der Waals surface area contributed by atoms with Crippen LogP contribution in [0.25, 0.3) is 11.4 Å². The molecule has 1 aromatic heterocycles. The monoisotopic (exact) mass is 401 g/mol. The average Bonchev–Trinajstić information content (AvgIpc) is 2.69. The summed E-state index contributed by atoms with van der Waals surface area (Å²) in [6.07, 6.45) is 6.43. The zero-order valence-electron chi connectivity index (χ0n) is 15.6. The van der Waals surface area contributed by atoms with Gasteiger partial charge in [-0.15, -0.1) is 0 Å². The maximum absolute atomic E-state index is 11.2. The Hall–Kier alpha value is -2.61. The number of fused-ring (bicyclic) bond motifs is 1. The minimum atomic E-state index is -0.778. The van der Waals surface area contributed by atoms with E-state index in [1.165, 1.54) is 17.8 Å². The highest BCUT2D eigenvalue weighted by Crippen LogP contribution is 2.29. The van der Waals surface area contributed by atoms with Gasteiger partial charge >= 0.3 is 5.97 Å². The molecular weight excluding hydrogens is 378 g/mol. The Kier molecular flexibility index (Phi) is 6.51. The van der Waals surface area contributed by atoms with E-state index >= 15 is 0 Å². The van der Waals surface area contributed by atoms with E-state index in [2.05, 4.69) is 9.55 Å². The summed E-state index contributed by atoms with van der Waals surface area (Å²) in [6.45, 7) is 0.697. The average molecular weight is 401 g/mol. The van der Waals surface area contributed by atoms with Gasteiger partial charge < -0.3 is 9.67 Å². The molecular formula is C20H23N3O4S. The molecule has 0 unspecified atom stereocenters. The summed E-state index contributed by atoms with van der Waals surface area (Å²) in [5.74, 6) is -0.118. The number of carboxylic acids is 1. The third-order valence-electron chi connectivity index (χ3n) is 5.07. The van der Waals surface area contributed by atoms with Crippen molar-refractivity contribution in [1.29, 1.82) is 0 Å². The number of benzene rings is 1. The van der Waals surface area contributed by atoms with Crippen molar-refractivity contribution in [3.63, 3.8) is 0 Å². The van der Waals surface area contributed by atoms with Gasteiger partial charge in [-0.1, -0.05) is 30.8 Å². The number of rotatable bonds is 8. The van der Waals surface area contributed by atoms with Crippen molar-refractivity contribution in [3.8, 4) is 11.4 Å². The van der Waals surface area contributed by atoms with Gasteiger partial charge in [0.15, 0.2) is 0 Å². The van der Waals surface area contributed by atoms with Gasteiger partial charge in [-0.3, -0.25) is 14.9 Å². The van der Waals surface area contributed by atoms with Gasteiger partial charge in [-0.05, 0) is 38.5 Å². The molecule has 0 atom stereocenters. The molecule has 0 spiro atoms. The molecule has 0 amide bonds. The Morgan fingerprint density at radius 3 is 2.79 bits per heavy atom. The normalized spacial score (nSPS) is 13.1. The number of aliphatic carboxylic acids is 1. The van der Waals surface area contributed by atoms with Crippen LogP contribution in [0.4, 0.5) is 5.69 Å². The minimum absolute atomic E-state index is 0.0240. The predicted octanol–water partition coefficient (Wildman–Crippen LogP) is 4.71. The molecule has 1 heterocycles. The zero-order chi connectivity index (χ0) is 20.1. The van der Waals surface area contributed by atoms with E-state index < -0.39 is 10.9 Å². The van der Waals surface area contributed by atoms with Crippen LogP contribution in [0.15, 0.2) is 24.3 Å². The van der Waals surface area contributed by atoms with Gasteiger partial charge in [0.05, 0.1) is 4.92 Å². The fourth-order valence-electron chi connectivity index (χ4n) is 3.71. The number of non-ortho nitro benzene ring substituents is 1. The molecule has 0 aliphatic heterocycles. The number of unbranched alkanes of at least 4 members (excludes halogenated alkanes) is 2. The first-order valence-electron chi connectivity index (χ1n) is 9.56. The summed E-state index contributed by atoms with van der Waals surface area (Å²) in [5.41, 5.74) is 2.99. The molecule has 0 fully saturated rings. The highest BCUT2D eigenvalue weighted by Gasteiger charge is 2.20. The largest absolute Gasteiger partial charge is 0.481 e. The van der Waals surface area contributed by atoms with Crippen LogP contribution in [0, 0.1) is 14.8 Å². The fraction of sp³-hybridized carbons (Fsp3) is 0.450. The topological polar surface area (TPSA) is 98.3 Å². The lowest BCUT2D eigenvalue weighted by Crippen LogP contribution is -2.18. The summed E-state index contributed by atoms with van der Waals surface area (Å²) in [7, 11) is 0. The molecule has 0 saturated carbocycles. The van der Waals surface area contributed by atoms with Crippen molar-refractivity contribution >= 4 is 23.9 Å². The van der Waals surface area contributed by atoms with Gasteiger partial charge in [0.1, 0.15) is 10.5 Å². The Labute approximate surface area is 168 Å². The maximum atomic E-state index is 11.2. The molecule has 0 radical (unpaired) electrons. The smallest absolute Gasteiger partial charge is 0.303 e. The highest BCUT2D eigenvalue weighted by atomic mass is 32.1. The summed E-state index contributed by atoms with van der Waals surface area (Å²) in [4.78, 5) is 26.1. The van der Waals surface area contributed by atoms with Crippen LogP contribution in [0.1, 0.15) is 49.8 Å². The van der Waals surface area contributed by atoms with Crippen molar-refractivity contribution in [2.24, 2.45) is 0 Å². The lowest BCUT2D eigenvalue weighted by Gasteiger charge is -2.24. The van der Waals surface area contributed by atoms with Crippen LogP contribution in [0.2, 0.25) is 0 Å². The Balaban J connectivity index is 1.97. The SMILES string of the molecule is O=C(O)CCCCCn1c(-c2cccc([N+](=O)[O-])c2)nc(=S)c2c1CCCC2. The van der Waals surface area contributed by atoms with Crippen molar-refractivity contribution < 1.29 is 14.8 Å². The molecule has 7 nitrogen and oxygen atoms in total. The van der Waals surface area contributed by atoms with Crippen molar-refractivity contribution in [3.05, 3.63) is 50.3 Å². The third kappa shape index (κ3) is 4.62. The van der Waals surface area contributed by atoms with Crippen LogP contribution in [0.5, 0.6) is 0 Å². The van der Waals surface area contributed by atoms with Gasteiger partial charge in [-0.25, -0.2) is 4.98 Å². The van der Waals surface area contributed by atoms with Gasteiger partial charge in [0, 0.05) is 41.9 Å². The Morgan fingerprint density at radius 1 is 1.25 bits per heavy atom. The molecule has 1 aliphatic rings. The summed E-state index contributed by atoms with van der Waals surface area (Å²) < 4.78 is 2.72. The number of nitro groups is 1. The lowest BCUT2D eigenvalue weighted by molar-refractivity contribution is -0.384. The molecule has 1 aliphatic carbocycles. The van der Waals surface area contributed by atoms with Crippen LogP contribution >= 0.6 is 12.2 Å². The second kappa shape index (κ2) is 9.05. The lowest BCUT2D eigenvalue weighted by atomic mass is 9.96. The molecule has 28 heavy (non-hydrogen) atoms. The number of carboxylic acid groups (broad SMARTS) is 1. The Bertz CT molecular complexity index is 955. The van der Waals surface area contributed by atoms with E-state index in [1.807, 2.05) is 6.07 Å². The van der Waals surface area contributed by atoms with E-state index in [1.54, 1.807) is 6.07 Å². The van der Waals surface area contributed by atoms with Crippen molar-refractivity contribution in [1.82, 2.24) is 9.55 Å². The fourth-order valence-corrected chi connectivity index (χ4v) is 4.02. The van der Waals surface area contributed by atoms with Crippen LogP contribution < -0.4 is 0 Å². The second-order valence-corrected chi connectivity index (χ2v) is 7.42. The van der Waals surface area contributed by atoms with E-state index in [9.17, 15) is 14.9 Å². The van der Waals surface area contributed by atoms with E-state index in [0.29, 0.717) is 29.0 Å². The first kappa shape index (κ1) is 20.1. The third-order valence-corrected chi connectivity index (χ3v) is 5.41.